The van der Waals surface area contributed by atoms with E-state index < -0.39 is 17.6 Å². The maximum absolute atomic E-state index is 15.0. The smallest absolute Gasteiger partial charge is 0.171 e. The van der Waals surface area contributed by atoms with Gasteiger partial charge in [0.15, 0.2) is 23.1 Å². The summed E-state index contributed by atoms with van der Waals surface area (Å²) in [6.07, 6.45) is 2.42. The highest BCUT2D eigenvalue weighted by Gasteiger charge is 2.31. The molecule has 7 nitrogen and oxygen atoms in total. The van der Waals surface area contributed by atoms with Crippen molar-refractivity contribution in [3.8, 4) is 11.5 Å². The number of nitrogens with two attached hydrogens (primary N) is 1. The number of fused-ring (bicyclic) bond motifs is 1. The Morgan fingerprint density at radius 3 is 2.47 bits per heavy atom. The van der Waals surface area contributed by atoms with Gasteiger partial charge in [0.2, 0.25) is 0 Å². The van der Waals surface area contributed by atoms with Crippen molar-refractivity contribution in [3.05, 3.63) is 45.9 Å². The lowest BCUT2D eigenvalue weighted by Crippen LogP contribution is -2.15. The van der Waals surface area contributed by atoms with Crippen molar-refractivity contribution in [2.24, 2.45) is 10.8 Å². The molecule has 1 heterocycles. The summed E-state index contributed by atoms with van der Waals surface area (Å²) in [5.74, 6) is -1.87. The molecule has 0 radical (unpaired) electrons. The molecule has 1 atom stereocenters. The molecule has 162 valence electrons. The maximum Gasteiger partial charge on any atom is 0.171 e. The number of halogens is 2. The summed E-state index contributed by atoms with van der Waals surface area (Å²) in [4.78, 5) is 0. The average molecular weight is 419 g/mol. The third kappa shape index (κ3) is 3.71. The standard InChI is InChI=1S/C21H27F2N5O2/c1-11(24)21(28(3)25-2)20-13-8-6-7-12(9-14(13)26-27-20)17-18(22)15(29-4)10-16(30-5)19(17)23/h10,12H,2,6-9,24H2,1,3-5H3,(H,26,27)/b21-11+. The van der Waals surface area contributed by atoms with E-state index in [0.29, 0.717) is 36.4 Å². The van der Waals surface area contributed by atoms with Crippen LogP contribution < -0.4 is 15.2 Å². The predicted octanol–water partition coefficient (Wildman–Crippen LogP) is 3.56. The predicted molar refractivity (Wildman–Crippen MR) is 112 cm³/mol. The normalized spacial score (nSPS) is 16.9. The third-order valence-electron chi connectivity index (χ3n) is 5.53. The monoisotopic (exact) mass is 419 g/mol. The van der Waals surface area contributed by atoms with Gasteiger partial charge in [0, 0.05) is 42.3 Å². The van der Waals surface area contributed by atoms with Gasteiger partial charge >= 0.3 is 0 Å². The van der Waals surface area contributed by atoms with Crippen LogP contribution in [0.4, 0.5) is 8.78 Å². The molecule has 1 unspecified atom stereocenters. The Morgan fingerprint density at radius 1 is 1.30 bits per heavy atom. The number of nitrogens with one attached hydrogen (secondary N) is 1. The Balaban J connectivity index is 2.06. The van der Waals surface area contributed by atoms with Crippen LogP contribution in [-0.2, 0) is 12.8 Å². The van der Waals surface area contributed by atoms with E-state index in [1.807, 2.05) is 0 Å². The number of hydrazone groups is 1. The van der Waals surface area contributed by atoms with Crippen molar-refractivity contribution < 1.29 is 18.3 Å². The minimum Gasteiger partial charge on any atom is -0.494 e. The fraction of sp³-hybridized carbons (Fsp3) is 0.429. The summed E-state index contributed by atoms with van der Waals surface area (Å²) in [5, 5.41) is 13.0. The van der Waals surface area contributed by atoms with Gasteiger partial charge in [0.1, 0.15) is 11.4 Å². The highest BCUT2D eigenvalue weighted by atomic mass is 19.1. The quantitative estimate of drug-likeness (QED) is 0.425. The first-order chi connectivity index (χ1) is 14.3. The summed E-state index contributed by atoms with van der Waals surface area (Å²) >= 11 is 0. The number of H-pyrrole nitrogens is 1. The zero-order chi connectivity index (χ0) is 22.0. The van der Waals surface area contributed by atoms with Crippen LogP contribution in [0.1, 0.15) is 48.2 Å². The molecule has 0 saturated carbocycles. The first-order valence-electron chi connectivity index (χ1n) is 9.67. The van der Waals surface area contributed by atoms with Crippen LogP contribution >= 0.6 is 0 Å². The molecule has 1 aromatic carbocycles. The molecule has 3 N–H and O–H groups in total. The lowest BCUT2D eigenvalue weighted by Gasteiger charge is -2.19. The second-order valence-electron chi connectivity index (χ2n) is 7.34. The second-order valence-corrected chi connectivity index (χ2v) is 7.34. The Kier molecular flexibility index (Phi) is 6.28. The maximum atomic E-state index is 15.0. The highest BCUT2D eigenvalue weighted by Crippen LogP contribution is 2.41. The lowest BCUT2D eigenvalue weighted by molar-refractivity contribution is 0.348. The first kappa shape index (κ1) is 21.6. The van der Waals surface area contributed by atoms with Gasteiger partial charge in [-0.05, 0) is 38.5 Å². The molecule has 1 aromatic heterocycles. The van der Waals surface area contributed by atoms with Crippen molar-refractivity contribution in [3.63, 3.8) is 0 Å². The molecule has 2 aromatic rings. The fourth-order valence-electron chi connectivity index (χ4n) is 4.08. The van der Waals surface area contributed by atoms with Crippen LogP contribution in [-0.4, -0.2) is 43.2 Å². The van der Waals surface area contributed by atoms with Gasteiger partial charge in [-0.1, -0.05) is 0 Å². The number of aromatic amines is 1. The molecular weight excluding hydrogens is 392 g/mol. The number of aromatic nitrogens is 2. The molecule has 1 aliphatic carbocycles. The van der Waals surface area contributed by atoms with Crippen LogP contribution in [0.15, 0.2) is 16.9 Å². The lowest BCUT2D eigenvalue weighted by atomic mass is 9.90. The summed E-state index contributed by atoms with van der Waals surface area (Å²) in [7, 11) is 4.44. The van der Waals surface area contributed by atoms with Gasteiger partial charge in [-0.3, -0.25) is 10.1 Å². The van der Waals surface area contributed by atoms with Crippen LogP contribution in [0.3, 0.4) is 0 Å². The molecule has 0 spiro atoms. The molecular formula is C21H27F2N5O2. The van der Waals surface area contributed by atoms with Gasteiger partial charge in [0.05, 0.1) is 14.2 Å². The number of hydrogen-bond acceptors (Lipinski definition) is 6. The van der Waals surface area contributed by atoms with Crippen molar-refractivity contribution in [1.29, 1.82) is 0 Å². The van der Waals surface area contributed by atoms with Crippen LogP contribution in [0.25, 0.3) is 5.70 Å². The van der Waals surface area contributed by atoms with E-state index in [0.717, 1.165) is 17.7 Å². The van der Waals surface area contributed by atoms with E-state index in [1.54, 1.807) is 19.0 Å². The zero-order valence-electron chi connectivity index (χ0n) is 17.7. The fourth-order valence-corrected chi connectivity index (χ4v) is 4.08. The minimum absolute atomic E-state index is 0.0224. The Morgan fingerprint density at radius 2 is 1.93 bits per heavy atom. The Labute approximate surface area is 174 Å². The van der Waals surface area contributed by atoms with Crippen molar-refractivity contribution in [1.82, 2.24) is 15.2 Å². The molecule has 0 fully saturated rings. The summed E-state index contributed by atoms with van der Waals surface area (Å²) in [5.41, 5.74) is 9.73. The number of rotatable bonds is 6. The number of methoxy groups -OCH3 is 2. The largest absolute Gasteiger partial charge is 0.494 e. The molecule has 0 aliphatic heterocycles. The first-order valence-corrected chi connectivity index (χ1v) is 9.67. The van der Waals surface area contributed by atoms with Crippen LogP contribution in [0, 0.1) is 11.6 Å². The van der Waals surface area contributed by atoms with Gasteiger partial charge < -0.3 is 15.2 Å². The van der Waals surface area contributed by atoms with Gasteiger partial charge in [-0.25, -0.2) is 8.78 Å². The summed E-state index contributed by atoms with van der Waals surface area (Å²) in [6, 6.07) is 1.23. The number of benzene rings is 1. The number of ether oxygens (including phenoxy) is 2. The molecule has 0 saturated heterocycles. The highest BCUT2D eigenvalue weighted by molar-refractivity contribution is 5.67. The van der Waals surface area contributed by atoms with Crippen molar-refractivity contribution >= 4 is 12.4 Å². The molecule has 0 amide bonds. The third-order valence-corrected chi connectivity index (χ3v) is 5.53. The second kappa shape index (κ2) is 8.73. The zero-order valence-corrected chi connectivity index (χ0v) is 17.7. The van der Waals surface area contributed by atoms with E-state index in [4.69, 9.17) is 15.2 Å². The number of allylic oxidation sites excluding steroid dienone is 1. The molecule has 9 heteroatoms. The van der Waals surface area contributed by atoms with Gasteiger partial charge in [0.25, 0.3) is 0 Å². The average Bonchev–Trinajstić information content (AvgIpc) is 2.97. The topological polar surface area (TPSA) is 88.8 Å². The van der Waals surface area contributed by atoms with E-state index >= 15 is 8.78 Å². The summed E-state index contributed by atoms with van der Waals surface area (Å²) < 4.78 is 40.3. The SMILES string of the molecule is C=NN(C)/C(=C(\C)N)c1n[nH]c2c1CCCC(c1c(F)c(OC)cc(OC)c1F)C2. The Hall–Kier alpha value is -3.10. The Bertz CT molecular complexity index is 954. The van der Waals surface area contributed by atoms with E-state index in [9.17, 15) is 0 Å². The molecule has 0 bridgehead atoms. The van der Waals surface area contributed by atoms with Crippen molar-refractivity contribution in [2.45, 2.75) is 38.5 Å². The molecule has 3 rings (SSSR count). The van der Waals surface area contributed by atoms with Crippen LogP contribution in [0.2, 0.25) is 0 Å². The number of nitrogens with zero attached hydrogens (tertiary/aromatic N) is 3. The number of hydrogen-bond donors (Lipinski definition) is 2. The van der Waals surface area contributed by atoms with Crippen molar-refractivity contribution in [2.75, 3.05) is 21.3 Å². The minimum atomic E-state index is -0.696. The van der Waals surface area contributed by atoms with Crippen LogP contribution in [0.5, 0.6) is 11.5 Å². The van der Waals surface area contributed by atoms with Gasteiger partial charge in [-0.15, -0.1) is 0 Å². The van der Waals surface area contributed by atoms with E-state index in [-0.39, 0.29) is 17.1 Å². The molecule has 30 heavy (non-hydrogen) atoms. The van der Waals surface area contributed by atoms with E-state index in [1.165, 1.54) is 20.3 Å². The molecule has 1 aliphatic rings. The summed E-state index contributed by atoms with van der Waals surface area (Å²) in [6.45, 7) is 5.32. The van der Waals surface area contributed by atoms with Gasteiger partial charge in [-0.2, -0.15) is 10.2 Å². The van der Waals surface area contributed by atoms with E-state index in [2.05, 4.69) is 22.0 Å².